The third-order valence-electron chi connectivity index (χ3n) is 2.86. The van der Waals surface area contributed by atoms with Crippen molar-refractivity contribution in [2.24, 2.45) is 5.92 Å². The number of hydrogen-bond acceptors (Lipinski definition) is 1. The summed E-state index contributed by atoms with van der Waals surface area (Å²) in [5.74, 6) is 0.744. The lowest BCUT2D eigenvalue weighted by Gasteiger charge is -2.28. The lowest BCUT2D eigenvalue weighted by Crippen LogP contribution is -2.26. The maximum absolute atomic E-state index is 5.94. The molecular weight excluding hydrogens is 212 g/mol. The van der Waals surface area contributed by atoms with Gasteiger partial charge < -0.3 is 4.74 Å². The molecule has 1 heterocycles. The van der Waals surface area contributed by atoms with Gasteiger partial charge in [0.1, 0.15) is 0 Å². The molecule has 1 aliphatic heterocycles. The molecule has 16 heavy (non-hydrogen) atoms. The molecule has 0 aromatic rings. The van der Waals surface area contributed by atoms with Gasteiger partial charge in [-0.3, -0.25) is 0 Å². The van der Waals surface area contributed by atoms with Crippen LogP contribution in [0.2, 0.25) is 19.6 Å². The highest BCUT2D eigenvalue weighted by molar-refractivity contribution is 6.81. The molecule has 1 saturated heterocycles. The van der Waals surface area contributed by atoms with Crippen LogP contribution in [0.5, 0.6) is 0 Å². The van der Waals surface area contributed by atoms with Gasteiger partial charge in [0.2, 0.25) is 0 Å². The summed E-state index contributed by atoms with van der Waals surface area (Å²) in [5, 5.41) is 0. The van der Waals surface area contributed by atoms with Crippen molar-refractivity contribution in [2.75, 3.05) is 6.61 Å². The Morgan fingerprint density at radius 3 is 2.44 bits per heavy atom. The summed E-state index contributed by atoms with van der Waals surface area (Å²) < 4.78 is 5.94. The van der Waals surface area contributed by atoms with Crippen LogP contribution >= 0.6 is 0 Å². The average Bonchev–Trinajstić information content (AvgIpc) is 2.15. The molecule has 0 unspecified atom stereocenters. The molecule has 0 spiro atoms. The lowest BCUT2D eigenvalue weighted by atomic mass is 9.95. The van der Waals surface area contributed by atoms with Gasteiger partial charge in [-0.15, -0.1) is 0 Å². The number of ether oxygens (including phenoxy) is 1. The summed E-state index contributed by atoms with van der Waals surface area (Å²) in [7, 11) is -1.11. The first-order chi connectivity index (χ1) is 7.38. The van der Waals surface area contributed by atoms with Crippen molar-refractivity contribution in [2.45, 2.75) is 65.3 Å². The molecule has 0 aliphatic carbocycles. The Hall–Kier alpha value is -0.0831. The van der Waals surface area contributed by atoms with Crippen LogP contribution in [-0.4, -0.2) is 20.8 Å². The van der Waals surface area contributed by atoms with E-state index in [1.165, 1.54) is 25.7 Å². The van der Waals surface area contributed by atoms with E-state index in [-0.39, 0.29) is 0 Å². The molecule has 0 bridgehead atoms. The first-order valence-electron chi connectivity index (χ1n) is 6.72. The van der Waals surface area contributed by atoms with Crippen LogP contribution in [0, 0.1) is 5.92 Å². The van der Waals surface area contributed by atoms with E-state index in [2.05, 4.69) is 39.2 Å². The Kier molecular flexibility index (Phi) is 5.26. The zero-order valence-electron chi connectivity index (χ0n) is 11.7. The summed E-state index contributed by atoms with van der Waals surface area (Å²) in [4.78, 5) is 0. The van der Waals surface area contributed by atoms with E-state index in [4.69, 9.17) is 4.74 Å². The van der Waals surface area contributed by atoms with E-state index < -0.39 is 8.07 Å². The highest BCUT2D eigenvalue weighted by Gasteiger charge is 2.21. The predicted octanol–water partition coefficient (Wildman–Crippen LogP) is 4.41. The minimum absolute atomic E-state index is 0.433. The largest absolute Gasteiger partial charge is 0.374 e. The fraction of sp³-hybridized carbons (Fsp3) is 0.857. The zero-order chi connectivity index (χ0) is 12.2. The minimum atomic E-state index is -1.11. The summed E-state index contributed by atoms with van der Waals surface area (Å²) in [6.45, 7) is 12.8. The molecule has 0 saturated carbocycles. The second-order valence-electron chi connectivity index (χ2n) is 6.54. The molecule has 1 nitrogen and oxygen atoms in total. The molecule has 0 N–H and O–H groups in total. The van der Waals surface area contributed by atoms with Gasteiger partial charge in [-0.1, -0.05) is 39.2 Å². The second kappa shape index (κ2) is 6.01. The molecule has 1 aliphatic rings. The van der Waals surface area contributed by atoms with Crippen molar-refractivity contribution in [3.05, 3.63) is 11.3 Å². The maximum atomic E-state index is 5.94. The quantitative estimate of drug-likeness (QED) is 0.662. The van der Waals surface area contributed by atoms with E-state index in [0.717, 1.165) is 12.5 Å². The van der Waals surface area contributed by atoms with Crippen molar-refractivity contribution in [1.82, 2.24) is 0 Å². The smallest absolute Gasteiger partial charge is 0.0781 e. The Labute approximate surface area is 102 Å². The molecule has 1 fully saturated rings. The Bertz CT molecular complexity index is 232. The SMILES string of the molecule is CC(C)C/C(=C\[Si](C)(C)C)[C@H]1CCCCO1. The van der Waals surface area contributed by atoms with Crippen LogP contribution in [-0.2, 0) is 4.74 Å². The Balaban J connectivity index is 2.73. The molecule has 2 heteroatoms. The predicted molar refractivity (Wildman–Crippen MR) is 74.5 cm³/mol. The van der Waals surface area contributed by atoms with E-state index in [9.17, 15) is 0 Å². The van der Waals surface area contributed by atoms with Crippen LogP contribution in [0.3, 0.4) is 0 Å². The highest BCUT2D eigenvalue weighted by Crippen LogP contribution is 2.26. The average molecular weight is 240 g/mol. The summed E-state index contributed by atoms with van der Waals surface area (Å²) in [6.07, 6.45) is 5.48. The first kappa shape index (κ1) is 14.0. The molecule has 1 rings (SSSR count). The summed E-state index contributed by atoms with van der Waals surface area (Å²) >= 11 is 0. The van der Waals surface area contributed by atoms with Gasteiger partial charge in [-0.25, -0.2) is 0 Å². The second-order valence-corrected chi connectivity index (χ2v) is 11.6. The standard InChI is InChI=1S/C14H28OSi/c1-12(2)10-13(11-16(3,4)5)14-8-6-7-9-15-14/h11-12,14H,6-10H2,1-5H3/b13-11+/t14-/m1/s1. The molecular formula is C14H28OSi. The topological polar surface area (TPSA) is 9.23 Å². The third kappa shape index (κ3) is 5.31. The van der Waals surface area contributed by atoms with Crippen LogP contribution in [0.4, 0.5) is 0 Å². The molecule has 0 aromatic carbocycles. The molecule has 0 aromatic heterocycles. The molecule has 1 atom stereocenters. The van der Waals surface area contributed by atoms with Gasteiger partial charge >= 0.3 is 0 Å². The fourth-order valence-corrected chi connectivity index (χ4v) is 3.76. The van der Waals surface area contributed by atoms with Gasteiger partial charge in [-0.05, 0) is 37.2 Å². The van der Waals surface area contributed by atoms with Crippen molar-refractivity contribution >= 4 is 8.07 Å². The lowest BCUT2D eigenvalue weighted by molar-refractivity contribution is 0.0365. The monoisotopic (exact) mass is 240 g/mol. The van der Waals surface area contributed by atoms with E-state index in [1.807, 2.05) is 0 Å². The van der Waals surface area contributed by atoms with Gasteiger partial charge in [0.05, 0.1) is 14.2 Å². The fourth-order valence-electron chi connectivity index (χ4n) is 2.34. The highest BCUT2D eigenvalue weighted by atomic mass is 28.3. The number of hydrogen-bond donors (Lipinski definition) is 0. The first-order valence-corrected chi connectivity index (χ1v) is 10.3. The van der Waals surface area contributed by atoms with Crippen molar-refractivity contribution in [3.8, 4) is 0 Å². The van der Waals surface area contributed by atoms with E-state index in [1.54, 1.807) is 5.57 Å². The maximum Gasteiger partial charge on any atom is 0.0781 e. The van der Waals surface area contributed by atoms with Crippen molar-refractivity contribution < 1.29 is 4.74 Å². The summed E-state index contributed by atoms with van der Waals surface area (Å²) in [5.41, 5.74) is 4.16. The van der Waals surface area contributed by atoms with Gasteiger partial charge in [0.15, 0.2) is 0 Å². The minimum Gasteiger partial charge on any atom is -0.374 e. The van der Waals surface area contributed by atoms with Gasteiger partial charge in [0.25, 0.3) is 0 Å². The van der Waals surface area contributed by atoms with E-state index in [0.29, 0.717) is 6.10 Å². The van der Waals surface area contributed by atoms with Crippen LogP contribution in [0.1, 0.15) is 39.5 Å². The van der Waals surface area contributed by atoms with Crippen molar-refractivity contribution in [3.63, 3.8) is 0 Å². The van der Waals surface area contributed by atoms with Crippen LogP contribution in [0.15, 0.2) is 11.3 Å². The molecule has 0 radical (unpaired) electrons. The van der Waals surface area contributed by atoms with Crippen LogP contribution < -0.4 is 0 Å². The van der Waals surface area contributed by atoms with Crippen molar-refractivity contribution in [1.29, 1.82) is 0 Å². The molecule has 0 amide bonds. The Morgan fingerprint density at radius 2 is 2.00 bits per heavy atom. The summed E-state index contributed by atoms with van der Waals surface area (Å²) in [6, 6.07) is 0. The zero-order valence-corrected chi connectivity index (χ0v) is 12.7. The molecule has 94 valence electrons. The van der Waals surface area contributed by atoms with E-state index >= 15 is 0 Å². The Morgan fingerprint density at radius 1 is 1.31 bits per heavy atom. The normalized spacial score (nSPS) is 23.9. The van der Waals surface area contributed by atoms with Crippen LogP contribution in [0.25, 0.3) is 0 Å². The van der Waals surface area contributed by atoms with Gasteiger partial charge in [-0.2, -0.15) is 0 Å². The number of rotatable bonds is 4. The third-order valence-corrected chi connectivity index (χ3v) is 4.09. The van der Waals surface area contributed by atoms with Gasteiger partial charge in [0, 0.05) is 6.61 Å².